The lowest BCUT2D eigenvalue weighted by Crippen LogP contribution is -2.47. The Kier molecular flexibility index (Phi) is 6.77. The molecule has 22 heavy (non-hydrogen) atoms. The van der Waals surface area contributed by atoms with Crippen LogP contribution < -0.4 is 10.6 Å². The standard InChI is InChI=1S/C16H22ClN3O.HI/c1-2-18-16(19-10-11-3-5-12(17)6-4-11)20-14-9-13-7-8-15(14)21-13;/h3-6,13-15H,2,7-10H2,1H3,(H2,18,19,20);1H. The minimum Gasteiger partial charge on any atom is -0.373 e. The van der Waals surface area contributed by atoms with Crippen molar-refractivity contribution >= 4 is 41.5 Å². The number of fused-ring (bicyclic) bond motifs is 2. The summed E-state index contributed by atoms with van der Waals surface area (Å²) in [6.07, 6.45) is 4.28. The van der Waals surface area contributed by atoms with Gasteiger partial charge in [0.05, 0.1) is 24.8 Å². The van der Waals surface area contributed by atoms with Crippen LogP contribution in [0.3, 0.4) is 0 Å². The van der Waals surface area contributed by atoms with E-state index < -0.39 is 0 Å². The fourth-order valence-electron chi connectivity index (χ4n) is 3.05. The van der Waals surface area contributed by atoms with E-state index in [1.165, 1.54) is 12.8 Å². The second kappa shape index (κ2) is 8.36. The van der Waals surface area contributed by atoms with Crippen LogP contribution in [-0.4, -0.2) is 30.8 Å². The molecule has 1 aromatic rings. The molecule has 2 bridgehead atoms. The molecule has 2 saturated heterocycles. The molecule has 1 aromatic carbocycles. The molecule has 0 radical (unpaired) electrons. The zero-order valence-corrected chi connectivity index (χ0v) is 15.8. The number of halogens is 2. The van der Waals surface area contributed by atoms with Crippen molar-refractivity contribution in [1.82, 2.24) is 10.6 Å². The van der Waals surface area contributed by atoms with Gasteiger partial charge in [-0.05, 0) is 43.9 Å². The lowest BCUT2D eigenvalue weighted by Gasteiger charge is -2.22. The third kappa shape index (κ3) is 4.49. The van der Waals surface area contributed by atoms with Gasteiger partial charge >= 0.3 is 0 Å². The lowest BCUT2D eigenvalue weighted by molar-refractivity contribution is 0.0992. The number of nitrogens with one attached hydrogen (secondary N) is 2. The monoisotopic (exact) mass is 435 g/mol. The molecule has 4 nitrogen and oxygen atoms in total. The lowest BCUT2D eigenvalue weighted by atomic mass is 9.96. The molecule has 2 aliphatic heterocycles. The van der Waals surface area contributed by atoms with Crippen LogP contribution in [0, 0.1) is 0 Å². The number of benzene rings is 1. The molecule has 3 atom stereocenters. The van der Waals surface area contributed by atoms with E-state index in [-0.39, 0.29) is 24.0 Å². The molecule has 3 unspecified atom stereocenters. The number of ether oxygens (including phenoxy) is 1. The molecular weight excluding hydrogens is 413 g/mol. The van der Waals surface area contributed by atoms with Gasteiger partial charge in [-0.25, -0.2) is 4.99 Å². The fourth-order valence-corrected chi connectivity index (χ4v) is 3.17. The maximum absolute atomic E-state index is 5.90. The van der Waals surface area contributed by atoms with Gasteiger partial charge in [0, 0.05) is 11.6 Å². The number of aliphatic imine (C=N–C) groups is 1. The zero-order chi connectivity index (χ0) is 14.7. The van der Waals surface area contributed by atoms with Crippen molar-refractivity contribution in [3.05, 3.63) is 34.9 Å². The topological polar surface area (TPSA) is 45.7 Å². The van der Waals surface area contributed by atoms with Crippen LogP contribution in [0.1, 0.15) is 31.7 Å². The van der Waals surface area contributed by atoms with Gasteiger partial charge in [0.25, 0.3) is 0 Å². The maximum Gasteiger partial charge on any atom is 0.191 e. The van der Waals surface area contributed by atoms with Gasteiger partial charge in [-0.2, -0.15) is 0 Å². The number of nitrogens with zero attached hydrogens (tertiary/aromatic N) is 1. The average Bonchev–Trinajstić information content (AvgIpc) is 3.09. The molecule has 0 aromatic heterocycles. The molecule has 0 amide bonds. The normalized spacial score (nSPS) is 26.6. The molecule has 6 heteroatoms. The number of hydrogen-bond donors (Lipinski definition) is 2. The van der Waals surface area contributed by atoms with E-state index in [1.54, 1.807) is 0 Å². The summed E-state index contributed by atoms with van der Waals surface area (Å²) in [7, 11) is 0. The van der Waals surface area contributed by atoms with Crippen molar-refractivity contribution in [2.75, 3.05) is 6.54 Å². The quantitative estimate of drug-likeness (QED) is 0.433. The van der Waals surface area contributed by atoms with Crippen molar-refractivity contribution in [1.29, 1.82) is 0 Å². The summed E-state index contributed by atoms with van der Waals surface area (Å²) in [4.78, 5) is 4.66. The Labute approximate surface area is 154 Å². The molecule has 2 fully saturated rings. The Morgan fingerprint density at radius 2 is 2.09 bits per heavy atom. The van der Waals surface area contributed by atoms with Crippen LogP contribution >= 0.6 is 35.6 Å². The van der Waals surface area contributed by atoms with E-state index in [4.69, 9.17) is 16.3 Å². The number of guanidine groups is 1. The predicted molar refractivity (Wildman–Crippen MR) is 101 cm³/mol. The molecule has 3 rings (SSSR count). The van der Waals surface area contributed by atoms with Crippen LogP contribution in [-0.2, 0) is 11.3 Å². The largest absolute Gasteiger partial charge is 0.373 e. The van der Waals surface area contributed by atoms with Gasteiger partial charge in [0.2, 0.25) is 0 Å². The van der Waals surface area contributed by atoms with E-state index in [0.717, 1.165) is 29.5 Å². The van der Waals surface area contributed by atoms with Gasteiger partial charge in [-0.1, -0.05) is 23.7 Å². The van der Waals surface area contributed by atoms with Crippen LogP contribution in [0.25, 0.3) is 0 Å². The third-order valence-electron chi connectivity index (χ3n) is 4.11. The Bertz CT molecular complexity index is 509. The highest BCUT2D eigenvalue weighted by atomic mass is 127. The molecule has 0 saturated carbocycles. The van der Waals surface area contributed by atoms with Crippen molar-refractivity contribution in [2.45, 2.75) is 51.0 Å². The summed E-state index contributed by atoms with van der Waals surface area (Å²) in [5.74, 6) is 0.869. The smallest absolute Gasteiger partial charge is 0.191 e. The minimum atomic E-state index is 0. The van der Waals surface area contributed by atoms with E-state index in [9.17, 15) is 0 Å². The third-order valence-corrected chi connectivity index (χ3v) is 4.36. The summed E-state index contributed by atoms with van der Waals surface area (Å²) in [5, 5.41) is 7.58. The molecule has 0 spiro atoms. The zero-order valence-electron chi connectivity index (χ0n) is 12.7. The van der Waals surface area contributed by atoms with E-state index in [2.05, 4.69) is 22.5 Å². The first-order valence-electron chi connectivity index (χ1n) is 7.69. The second-order valence-electron chi connectivity index (χ2n) is 5.68. The fraction of sp³-hybridized carbons (Fsp3) is 0.562. The number of hydrogen-bond acceptors (Lipinski definition) is 2. The first-order valence-corrected chi connectivity index (χ1v) is 8.07. The van der Waals surface area contributed by atoms with Crippen molar-refractivity contribution in [3.63, 3.8) is 0 Å². The Hall–Kier alpha value is -0.530. The van der Waals surface area contributed by atoms with Gasteiger partial charge in [0.1, 0.15) is 0 Å². The van der Waals surface area contributed by atoms with E-state index in [0.29, 0.717) is 24.8 Å². The van der Waals surface area contributed by atoms with Gasteiger partial charge < -0.3 is 15.4 Å². The summed E-state index contributed by atoms with van der Waals surface area (Å²) in [6.45, 7) is 3.58. The van der Waals surface area contributed by atoms with Gasteiger partial charge in [-0.15, -0.1) is 24.0 Å². The highest BCUT2D eigenvalue weighted by Gasteiger charge is 2.41. The minimum absolute atomic E-state index is 0. The maximum atomic E-state index is 5.90. The predicted octanol–water partition coefficient (Wildman–Crippen LogP) is 3.33. The average molecular weight is 436 g/mol. The Morgan fingerprint density at radius 3 is 2.68 bits per heavy atom. The summed E-state index contributed by atoms with van der Waals surface area (Å²) >= 11 is 5.90. The second-order valence-corrected chi connectivity index (χ2v) is 6.12. The molecular formula is C16H23ClIN3O. The summed E-state index contributed by atoms with van der Waals surface area (Å²) in [6, 6.07) is 8.21. The van der Waals surface area contributed by atoms with Gasteiger partial charge in [0.15, 0.2) is 5.96 Å². The highest BCUT2D eigenvalue weighted by Crippen LogP contribution is 2.34. The number of rotatable bonds is 4. The van der Waals surface area contributed by atoms with E-state index in [1.807, 2.05) is 24.3 Å². The van der Waals surface area contributed by atoms with Crippen molar-refractivity contribution < 1.29 is 4.74 Å². The van der Waals surface area contributed by atoms with Crippen LogP contribution in [0.15, 0.2) is 29.3 Å². The van der Waals surface area contributed by atoms with Crippen LogP contribution in [0.2, 0.25) is 5.02 Å². The Balaban J connectivity index is 0.00000176. The Morgan fingerprint density at radius 1 is 1.32 bits per heavy atom. The molecule has 0 aliphatic carbocycles. The van der Waals surface area contributed by atoms with Crippen molar-refractivity contribution in [2.24, 2.45) is 4.99 Å². The van der Waals surface area contributed by atoms with Crippen molar-refractivity contribution in [3.8, 4) is 0 Å². The van der Waals surface area contributed by atoms with Crippen LogP contribution in [0.4, 0.5) is 0 Å². The highest BCUT2D eigenvalue weighted by molar-refractivity contribution is 14.0. The molecule has 2 N–H and O–H groups in total. The van der Waals surface area contributed by atoms with Crippen LogP contribution in [0.5, 0.6) is 0 Å². The van der Waals surface area contributed by atoms with E-state index >= 15 is 0 Å². The molecule has 122 valence electrons. The summed E-state index contributed by atoms with van der Waals surface area (Å²) < 4.78 is 5.88. The first-order chi connectivity index (χ1) is 10.2. The van der Waals surface area contributed by atoms with Gasteiger partial charge in [-0.3, -0.25) is 0 Å². The first kappa shape index (κ1) is 17.8. The molecule has 2 heterocycles. The molecule has 2 aliphatic rings. The SMILES string of the molecule is CCNC(=NCc1ccc(Cl)cc1)NC1CC2CCC1O2.I. The summed E-state index contributed by atoms with van der Waals surface area (Å²) in [5.41, 5.74) is 1.15.